The Kier molecular flexibility index (Phi) is 18.6. The average molecular weight is 290 g/mol. The molecule has 0 N–H and O–H groups in total. The molecule has 0 aromatic heterocycles. The Morgan fingerprint density at radius 1 is 0.857 bits per heavy atom. The molecule has 1 aromatic rings. The quantitative estimate of drug-likeness (QED) is 0.533. The molecule has 1 fully saturated rings. The molecule has 1 aliphatic rings. The largest absolute Gasteiger partial charge is 0.169 e. The van der Waals surface area contributed by atoms with Gasteiger partial charge in [-0.1, -0.05) is 123 Å². The summed E-state index contributed by atoms with van der Waals surface area (Å²) in [4.78, 5) is 0. The number of hydrogen-bond donors (Lipinski definition) is 0. The van der Waals surface area contributed by atoms with Crippen LogP contribution in [-0.2, 0) is 0 Å². The zero-order valence-corrected chi connectivity index (χ0v) is 15.8. The van der Waals surface area contributed by atoms with Crippen LogP contribution in [0.4, 0.5) is 0 Å². The first-order valence-electron chi connectivity index (χ1n) is 9.29. The summed E-state index contributed by atoms with van der Waals surface area (Å²) in [6, 6.07) is 10.5. The van der Waals surface area contributed by atoms with Crippen LogP contribution in [0.3, 0.4) is 0 Å². The van der Waals surface area contributed by atoms with Gasteiger partial charge in [0.2, 0.25) is 0 Å². The summed E-state index contributed by atoms with van der Waals surface area (Å²) in [5.41, 5.74) is 1.41. The van der Waals surface area contributed by atoms with Crippen LogP contribution in [0, 0.1) is 5.92 Å². The highest BCUT2D eigenvalue weighted by atomic mass is 14.2. The summed E-state index contributed by atoms with van der Waals surface area (Å²) in [7, 11) is 0. The fraction of sp³-hybridized carbons (Fsp3) is 0.700. The van der Waals surface area contributed by atoms with Crippen molar-refractivity contribution in [3.05, 3.63) is 30.3 Å². The highest BCUT2D eigenvalue weighted by Crippen LogP contribution is 2.25. The Bertz CT molecular complexity index is 273. The molecule has 21 heavy (non-hydrogen) atoms. The van der Waals surface area contributed by atoms with Gasteiger partial charge in [-0.05, 0) is 5.92 Å². The molecule has 1 aromatic carbocycles. The van der Waals surface area contributed by atoms with Gasteiger partial charge < -0.3 is 0 Å². The monoisotopic (exact) mass is 290 g/mol. The van der Waals surface area contributed by atoms with Gasteiger partial charge in [-0.15, -0.1) is 0 Å². The highest BCUT2D eigenvalue weighted by Gasteiger charge is 2.09. The Morgan fingerprint density at radius 2 is 1.33 bits per heavy atom. The molecule has 0 radical (unpaired) electrons. The van der Waals surface area contributed by atoms with Crippen molar-refractivity contribution < 1.29 is 0 Å². The lowest BCUT2D eigenvalue weighted by Crippen LogP contribution is -2.21. The van der Waals surface area contributed by atoms with Crippen LogP contribution in [0.1, 0.15) is 73.1 Å². The molecule has 0 heterocycles. The minimum Gasteiger partial charge on any atom is -0.0819 e. The minimum atomic E-state index is 0.659. The third-order valence-electron chi connectivity index (χ3n) is 3.77. The van der Waals surface area contributed by atoms with E-state index in [1.807, 2.05) is 33.8 Å². The van der Waals surface area contributed by atoms with Crippen molar-refractivity contribution in [2.24, 2.45) is 5.92 Å². The van der Waals surface area contributed by atoms with Gasteiger partial charge in [-0.2, -0.15) is 0 Å². The van der Waals surface area contributed by atoms with E-state index in [1.165, 1.54) is 44.0 Å². The van der Waals surface area contributed by atoms with E-state index < -0.39 is 0 Å². The van der Waals surface area contributed by atoms with Gasteiger partial charge in [0.05, 0.1) is 0 Å². The number of hydrogen-bond acceptors (Lipinski definition) is 0. The Labute approximate surface area is 135 Å². The summed E-state index contributed by atoms with van der Waals surface area (Å²) in [5.74, 6) is 1.09. The summed E-state index contributed by atoms with van der Waals surface area (Å²) in [6.45, 7) is 15.4. The minimum absolute atomic E-state index is 0.659. The third-order valence-corrected chi connectivity index (χ3v) is 3.77. The van der Waals surface area contributed by atoms with Crippen molar-refractivity contribution in [3.8, 4) is 0 Å². The van der Waals surface area contributed by atoms with Gasteiger partial charge in [-0.25, -0.2) is 0 Å². The maximum atomic E-state index is 2.32. The van der Waals surface area contributed by atoms with Crippen LogP contribution in [-0.4, -0.2) is 6.71 Å². The molecule has 1 saturated carbocycles. The number of benzene rings is 1. The lowest BCUT2D eigenvalue weighted by Gasteiger charge is -2.18. The van der Waals surface area contributed by atoms with E-state index in [0.717, 1.165) is 5.92 Å². The first-order valence-corrected chi connectivity index (χ1v) is 9.29. The molecule has 0 atom stereocenters. The smallest absolute Gasteiger partial charge is 0.0819 e. The van der Waals surface area contributed by atoms with E-state index in [9.17, 15) is 0 Å². The molecule has 0 saturated heterocycles. The molecule has 0 aliphatic heterocycles. The summed E-state index contributed by atoms with van der Waals surface area (Å²) < 4.78 is 0. The van der Waals surface area contributed by atoms with Crippen LogP contribution < -0.4 is 5.46 Å². The van der Waals surface area contributed by atoms with E-state index in [2.05, 4.69) is 44.8 Å². The normalized spacial score (nSPS) is 13.5. The van der Waals surface area contributed by atoms with E-state index in [1.54, 1.807) is 0 Å². The van der Waals surface area contributed by atoms with E-state index in [-0.39, 0.29) is 0 Å². The summed E-state index contributed by atoms with van der Waals surface area (Å²) >= 11 is 0. The van der Waals surface area contributed by atoms with Crippen molar-refractivity contribution in [2.45, 2.75) is 86.8 Å². The van der Waals surface area contributed by atoms with Gasteiger partial charge >= 0.3 is 0 Å². The van der Waals surface area contributed by atoms with Crippen LogP contribution >= 0.6 is 0 Å². The molecular formula is C20H39B. The second-order valence-corrected chi connectivity index (χ2v) is 5.48. The van der Waals surface area contributed by atoms with Gasteiger partial charge in [0.25, 0.3) is 0 Å². The topological polar surface area (TPSA) is 0 Å². The second-order valence-electron chi connectivity index (χ2n) is 5.48. The number of rotatable bonds is 2. The molecule has 0 spiro atoms. The molecule has 122 valence electrons. The molecule has 2 rings (SSSR count). The Morgan fingerprint density at radius 3 is 1.62 bits per heavy atom. The molecule has 0 amide bonds. The standard InChI is InChI=1S/C8H11B.C8H16.2C2H6/c1-9(2)8-6-4-3-5-7-8;1-2-8-6-4-3-5-7-8;2*1-2/h3-7H,1-2H3;8H,2-7H2,1H3;2*1-2H3. The lowest BCUT2D eigenvalue weighted by molar-refractivity contribution is 0.349. The maximum Gasteiger partial charge on any atom is 0.169 e. The highest BCUT2D eigenvalue weighted by molar-refractivity contribution is 6.70. The van der Waals surface area contributed by atoms with Gasteiger partial charge in [-0.3, -0.25) is 0 Å². The van der Waals surface area contributed by atoms with Crippen LogP contribution in [0.2, 0.25) is 13.6 Å². The summed E-state index contributed by atoms with van der Waals surface area (Å²) in [5, 5.41) is 0. The van der Waals surface area contributed by atoms with E-state index in [4.69, 9.17) is 0 Å². The second kappa shape index (κ2) is 17.3. The maximum absolute atomic E-state index is 2.32. The first-order chi connectivity index (χ1) is 10.2. The first kappa shape index (κ1) is 22.6. The zero-order chi connectivity index (χ0) is 16.5. The SMILES string of the molecule is CB(C)c1ccccc1.CC.CC.CCC1CCCCC1. The van der Waals surface area contributed by atoms with Crippen molar-refractivity contribution in [1.82, 2.24) is 0 Å². The van der Waals surface area contributed by atoms with Crippen LogP contribution in [0.15, 0.2) is 30.3 Å². The fourth-order valence-corrected chi connectivity index (χ4v) is 2.43. The Hall–Kier alpha value is -0.715. The van der Waals surface area contributed by atoms with Crippen molar-refractivity contribution >= 4 is 12.2 Å². The van der Waals surface area contributed by atoms with Gasteiger partial charge in [0, 0.05) is 0 Å². The Balaban J connectivity index is 0. The molecule has 1 heteroatoms. The third kappa shape index (κ3) is 12.7. The van der Waals surface area contributed by atoms with E-state index >= 15 is 0 Å². The molecule has 0 bridgehead atoms. The lowest BCUT2D eigenvalue weighted by atomic mass is 9.49. The van der Waals surface area contributed by atoms with Crippen LogP contribution in [0.5, 0.6) is 0 Å². The van der Waals surface area contributed by atoms with Crippen molar-refractivity contribution in [1.29, 1.82) is 0 Å². The molecule has 0 unspecified atom stereocenters. The molecule has 1 aliphatic carbocycles. The van der Waals surface area contributed by atoms with Crippen molar-refractivity contribution in [3.63, 3.8) is 0 Å². The molecular weight excluding hydrogens is 251 g/mol. The van der Waals surface area contributed by atoms with Gasteiger partial charge in [0.15, 0.2) is 6.71 Å². The average Bonchev–Trinajstić information content (AvgIpc) is 2.60. The van der Waals surface area contributed by atoms with Gasteiger partial charge in [0.1, 0.15) is 0 Å². The van der Waals surface area contributed by atoms with Crippen molar-refractivity contribution in [2.75, 3.05) is 0 Å². The summed E-state index contributed by atoms with van der Waals surface area (Å²) in [6.07, 6.45) is 8.93. The predicted octanol–water partition coefficient (Wildman–Crippen LogP) is 6.68. The van der Waals surface area contributed by atoms with Crippen LogP contribution in [0.25, 0.3) is 0 Å². The molecule has 0 nitrogen and oxygen atoms in total. The predicted molar refractivity (Wildman–Crippen MR) is 103 cm³/mol. The zero-order valence-electron chi connectivity index (χ0n) is 15.8. The van der Waals surface area contributed by atoms with E-state index in [0.29, 0.717) is 6.71 Å². The fourth-order valence-electron chi connectivity index (χ4n) is 2.43.